The zero-order valence-electron chi connectivity index (χ0n) is 12.2. The Bertz CT molecular complexity index is 692. The Hall–Kier alpha value is -1.72. The molecule has 0 fully saturated rings. The van der Waals surface area contributed by atoms with Gasteiger partial charge in [0.15, 0.2) is 0 Å². The van der Waals surface area contributed by atoms with Crippen molar-refractivity contribution < 1.29 is 9.53 Å². The van der Waals surface area contributed by atoms with Crippen LogP contribution in [0, 0.1) is 6.92 Å². The van der Waals surface area contributed by atoms with Crippen LogP contribution in [0.3, 0.4) is 0 Å². The van der Waals surface area contributed by atoms with Gasteiger partial charge in [-0.05, 0) is 36.8 Å². The van der Waals surface area contributed by atoms with Gasteiger partial charge in [-0.3, -0.25) is 4.79 Å². The summed E-state index contributed by atoms with van der Waals surface area (Å²) in [5.41, 5.74) is 2.38. The number of rotatable bonds is 5. The highest BCUT2D eigenvalue weighted by molar-refractivity contribution is 9.10. The zero-order chi connectivity index (χ0) is 16.1. The van der Waals surface area contributed by atoms with Crippen molar-refractivity contribution in [3.05, 3.63) is 51.5 Å². The SMILES string of the molecule is COc1cc(Cl)c(C)cc1NCC(=O)Nc1cccc(Br)c1. The van der Waals surface area contributed by atoms with Gasteiger partial charge in [-0.25, -0.2) is 0 Å². The summed E-state index contributed by atoms with van der Waals surface area (Å²) in [5, 5.41) is 6.50. The number of carbonyl (C=O) groups is 1. The highest BCUT2D eigenvalue weighted by atomic mass is 79.9. The first kappa shape index (κ1) is 16.6. The van der Waals surface area contributed by atoms with Crippen LogP contribution < -0.4 is 15.4 Å². The lowest BCUT2D eigenvalue weighted by molar-refractivity contribution is -0.114. The predicted molar refractivity (Wildman–Crippen MR) is 94.0 cm³/mol. The van der Waals surface area contributed by atoms with Crippen LogP contribution in [0.5, 0.6) is 5.75 Å². The molecule has 0 spiro atoms. The Morgan fingerprint density at radius 3 is 2.77 bits per heavy atom. The maximum Gasteiger partial charge on any atom is 0.243 e. The van der Waals surface area contributed by atoms with E-state index >= 15 is 0 Å². The molecule has 2 rings (SSSR count). The summed E-state index contributed by atoms with van der Waals surface area (Å²) in [6.07, 6.45) is 0. The first-order chi connectivity index (χ1) is 10.5. The number of nitrogens with one attached hydrogen (secondary N) is 2. The molecule has 2 N–H and O–H groups in total. The molecule has 1 amide bonds. The van der Waals surface area contributed by atoms with E-state index in [1.807, 2.05) is 37.3 Å². The summed E-state index contributed by atoms with van der Waals surface area (Å²) in [5.74, 6) is 0.457. The third-order valence-electron chi connectivity index (χ3n) is 3.03. The van der Waals surface area contributed by atoms with Crippen LogP contribution in [0.1, 0.15) is 5.56 Å². The normalized spacial score (nSPS) is 10.2. The molecule has 0 unspecified atom stereocenters. The molecule has 2 aromatic rings. The molecule has 0 saturated heterocycles. The summed E-state index contributed by atoms with van der Waals surface area (Å²) in [6, 6.07) is 11.0. The topological polar surface area (TPSA) is 50.4 Å². The summed E-state index contributed by atoms with van der Waals surface area (Å²) >= 11 is 9.42. The maximum atomic E-state index is 12.0. The van der Waals surface area contributed by atoms with Gasteiger partial charge in [0.25, 0.3) is 0 Å². The highest BCUT2D eigenvalue weighted by Crippen LogP contribution is 2.30. The number of benzene rings is 2. The van der Waals surface area contributed by atoms with Gasteiger partial charge < -0.3 is 15.4 Å². The second kappa shape index (κ2) is 7.51. The van der Waals surface area contributed by atoms with Gasteiger partial charge in [-0.15, -0.1) is 0 Å². The predicted octanol–water partition coefficient (Wildman–Crippen LogP) is 4.47. The molecule has 0 aliphatic rings. The summed E-state index contributed by atoms with van der Waals surface area (Å²) in [4.78, 5) is 12.0. The molecule has 2 aromatic carbocycles. The fourth-order valence-corrected chi connectivity index (χ4v) is 2.47. The number of anilines is 2. The van der Waals surface area contributed by atoms with Crippen LogP contribution in [0.2, 0.25) is 5.02 Å². The zero-order valence-corrected chi connectivity index (χ0v) is 14.6. The maximum absolute atomic E-state index is 12.0. The average molecular weight is 384 g/mol. The van der Waals surface area contributed by atoms with E-state index < -0.39 is 0 Å². The Balaban J connectivity index is 2.01. The summed E-state index contributed by atoms with van der Waals surface area (Å²) in [7, 11) is 1.56. The molecule has 6 heteroatoms. The number of ether oxygens (including phenoxy) is 1. The Kier molecular flexibility index (Phi) is 5.69. The minimum atomic E-state index is -0.146. The molecular formula is C16H16BrClN2O2. The minimum Gasteiger partial charge on any atom is -0.495 e. The van der Waals surface area contributed by atoms with Crippen molar-refractivity contribution in [2.45, 2.75) is 6.92 Å². The van der Waals surface area contributed by atoms with Crippen LogP contribution >= 0.6 is 27.5 Å². The van der Waals surface area contributed by atoms with Crippen molar-refractivity contribution in [2.75, 3.05) is 24.3 Å². The van der Waals surface area contributed by atoms with Gasteiger partial charge >= 0.3 is 0 Å². The Labute approximate surface area is 142 Å². The standard InChI is InChI=1S/C16H16BrClN2O2/c1-10-6-14(15(22-2)8-13(10)18)19-9-16(21)20-12-5-3-4-11(17)7-12/h3-8,19H,9H2,1-2H3,(H,20,21). The molecule has 4 nitrogen and oxygen atoms in total. The Morgan fingerprint density at radius 1 is 1.32 bits per heavy atom. The largest absolute Gasteiger partial charge is 0.495 e. The molecule has 0 saturated carbocycles. The molecular weight excluding hydrogens is 368 g/mol. The monoisotopic (exact) mass is 382 g/mol. The van der Waals surface area contributed by atoms with Crippen LogP contribution in [0.25, 0.3) is 0 Å². The van der Waals surface area contributed by atoms with Gasteiger partial charge in [0, 0.05) is 21.2 Å². The third kappa shape index (κ3) is 4.39. The van der Waals surface area contributed by atoms with Crippen LogP contribution in [-0.4, -0.2) is 19.6 Å². The molecule has 116 valence electrons. The number of halogens is 2. The van der Waals surface area contributed by atoms with Crippen LogP contribution in [0.4, 0.5) is 11.4 Å². The van der Waals surface area contributed by atoms with Crippen molar-refractivity contribution in [1.82, 2.24) is 0 Å². The van der Waals surface area contributed by atoms with E-state index in [-0.39, 0.29) is 12.5 Å². The van der Waals surface area contributed by atoms with Crippen molar-refractivity contribution in [1.29, 1.82) is 0 Å². The lowest BCUT2D eigenvalue weighted by Gasteiger charge is -2.13. The van der Waals surface area contributed by atoms with E-state index in [0.717, 1.165) is 21.4 Å². The number of hydrogen-bond acceptors (Lipinski definition) is 3. The lowest BCUT2D eigenvalue weighted by Crippen LogP contribution is -2.22. The van der Waals surface area contributed by atoms with Gasteiger partial charge in [0.1, 0.15) is 5.75 Å². The molecule has 0 radical (unpaired) electrons. The molecule has 0 bridgehead atoms. The first-order valence-corrected chi connectivity index (χ1v) is 7.80. The van der Waals surface area contributed by atoms with Crippen LogP contribution in [-0.2, 0) is 4.79 Å². The van der Waals surface area contributed by atoms with E-state index in [2.05, 4.69) is 26.6 Å². The van der Waals surface area contributed by atoms with E-state index in [1.54, 1.807) is 13.2 Å². The second-order valence-corrected chi connectivity index (χ2v) is 6.04. The quantitative estimate of drug-likeness (QED) is 0.801. The molecule has 22 heavy (non-hydrogen) atoms. The fourth-order valence-electron chi connectivity index (χ4n) is 1.92. The summed E-state index contributed by atoms with van der Waals surface area (Å²) in [6.45, 7) is 2.03. The smallest absolute Gasteiger partial charge is 0.243 e. The van der Waals surface area contributed by atoms with E-state index in [1.165, 1.54) is 0 Å². The summed E-state index contributed by atoms with van der Waals surface area (Å²) < 4.78 is 6.17. The number of hydrogen-bond donors (Lipinski definition) is 2. The first-order valence-electron chi connectivity index (χ1n) is 6.63. The van der Waals surface area contributed by atoms with E-state index in [9.17, 15) is 4.79 Å². The fraction of sp³-hybridized carbons (Fsp3) is 0.188. The Morgan fingerprint density at radius 2 is 2.09 bits per heavy atom. The van der Waals surface area contributed by atoms with Crippen molar-refractivity contribution >= 4 is 44.8 Å². The molecule has 0 aliphatic heterocycles. The van der Waals surface area contributed by atoms with Crippen LogP contribution in [0.15, 0.2) is 40.9 Å². The highest BCUT2D eigenvalue weighted by Gasteiger charge is 2.09. The molecule has 0 heterocycles. The number of methoxy groups -OCH3 is 1. The van der Waals surface area contributed by atoms with Crippen molar-refractivity contribution in [2.24, 2.45) is 0 Å². The van der Waals surface area contributed by atoms with E-state index in [0.29, 0.717) is 10.8 Å². The van der Waals surface area contributed by atoms with Gasteiger partial charge in [0.05, 0.1) is 19.3 Å². The van der Waals surface area contributed by atoms with Crippen molar-refractivity contribution in [3.8, 4) is 5.75 Å². The average Bonchev–Trinajstić information content (AvgIpc) is 2.48. The van der Waals surface area contributed by atoms with E-state index in [4.69, 9.17) is 16.3 Å². The van der Waals surface area contributed by atoms with Gasteiger partial charge in [-0.1, -0.05) is 33.6 Å². The third-order valence-corrected chi connectivity index (χ3v) is 3.93. The van der Waals surface area contributed by atoms with Gasteiger partial charge in [0.2, 0.25) is 5.91 Å². The van der Waals surface area contributed by atoms with Gasteiger partial charge in [-0.2, -0.15) is 0 Å². The minimum absolute atomic E-state index is 0.129. The van der Waals surface area contributed by atoms with Crippen molar-refractivity contribution in [3.63, 3.8) is 0 Å². The number of aryl methyl sites for hydroxylation is 1. The molecule has 0 atom stereocenters. The second-order valence-electron chi connectivity index (χ2n) is 4.71. The lowest BCUT2D eigenvalue weighted by atomic mass is 10.2. The molecule has 0 aliphatic carbocycles. The molecule has 0 aromatic heterocycles. The number of amides is 1. The number of carbonyl (C=O) groups excluding carboxylic acids is 1.